The summed E-state index contributed by atoms with van der Waals surface area (Å²) in [5.74, 6) is 23.0. The summed E-state index contributed by atoms with van der Waals surface area (Å²) in [5.41, 5.74) is 17.6. The second-order valence-electron chi connectivity index (χ2n) is 29.0. The fraction of sp³-hybridized carbons (Fsp3) is 0.255. The Morgan fingerprint density at radius 1 is 0.418 bits per heavy atom. The highest BCUT2D eigenvalue weighted by Gasteiger charge is 2.52. The number of terminal acetylenes is 1. The maximum absolute atomic E-state index is 14.7. The lowest BCUT2D eigenvalue weighted by Crippen LogP contribution is -2.26. The van der Waals surface area contributed by atoms with Gasteiger partial charge in [-0.1, -0.05) is 218 Å². The van der Waals surface area contributed by atoms with Crippen molar-refractivity contribution in [2.24, 2.45) is 0 Å². The third-order valence-corrected chi connectivity index (χ3v) is 21.9. The first-order chi connectivity index (χ1) is 54.1. The van der Waals surface area contributed by atoms with Crippen LogP contribution >= 0.6 is 0 Å². The van der Waals surface area contributed by atoms with Gasteiger partial charge in [0.25, 0.3) is 11.8 Å². The summed E-state index contributed by atoms with van der Waals surface area (Å²) in [7, 11) is 3.28. The van der Waals surface area contributed by atoms with Crippen molar-refractivity contribution in [3.63, 3.8) is 0 Å². The summed E-state index contributed by atoms with van der Waals surface area (Å²) in [6, 6.07) is 73.5. The summed E-state index contributed by atoms with van der Waals surface area (Å²) in [5, 5.41) is 15.1. The average Bonchev–Trinajstić information content (AvgIpc) is 1.50. The molecule has 546 valence electrons. The molecule has 0 bridgehead atoms. The van der Waals surface area contributed by atoms with Gasteiger partial charge in [-0.15, -0.1) is 6.42 Å². The molecule has 12 aromatic rings. The predicted octanol–water partition coefficient (Wildman–Crippen LogP) is 23.7. The molecule has 12 aromatic carbocycles. The molecule has 0 saturated heterocycles. The van der Waals surface area contributed by atoms with E-state index in [-0.39, 0.29) is 11.8 Å². The Morgan fingerprint density at radius 3 is 1.47 bits per heavy atom. The summed E-state index contributed by atoms with van der Waals surface area (Å²) in [4.78, 5) is 27.9. The minimum absolute atomic E-state index is 0.173. The highest BCUT2D eigenvalue weighted by molar-refractivity contribution is 6.23. The van der Waals surface area contributed by atoms with Crippen molar-refractivity contribution in [1.29, 1.82) is 0 Å². The minimum Gasteiger partial charge on any atom is -0.496 e. The number of ether oxygens (including phenoxy) is 4. The smallest absolute Gasteiger partial charge is 0.255 e. The fourth-order valence-corrected chi connectivity index (χ4v) is 16.5. The van der Waals surface area contributed by atoms with Crippen molar-refractivity contribution in [1.82, 2.24) is 5.32 Å². The van der Waals surface area contributed by atoms with Crippen molar-refractivity contribution in [3.05, 3.63) is 256 Å². The molecule has 8 nitrogen and oxygen atoms in total. The van der Waals surface area contributed by atoms with Crippen molar-refractivity contribution in [3.8, 4) is 127 Å². The van der Waals surface area contributed by atoms with E-state index in [9.17, 15) is 9.59 Å². The van der Waals surface area contributed by atoms with Gasteiger partial charge >= 0.3 is 0 Å². The standard InChI is InChI=1S/C102H92N2O6/c1-7-10-13-16-18-20-23-32-57-108-81-52-54-86-89(67-81)98(77-47-45-73-61-71(35-26-15-12-9-3)41-43-75(73)63-77)85-53-51-82(109-58-33-24-21-19-17-14-11-8-2)68-90(85)99(86)78-48-46-74-62-72(42-44-76(74)64-78)36-27-22-25-34-59-110-97-60-70(4)96(107-6)69-95(97)104-101(106)80-50-56-94-88(66-80)87-65-79(100(105)103-5)49-55-93(87)102(94)91-39-30-28-37-83(91)84-38-29-31-40-92(84)102/h1,28-31,37-56,60-69H,8-9,11-12,14-15,17,19,21-22,24-27,33-36,58-59H2,2-6H3,(H,103,105)(H,104,106). The molecule has 0 aromatic heterocycles. The fourth-order valence-electron chi connectivity index (χ4n) is 16.5. The van der Waals surface area contributed by atoms with E-state index in [0.29, 0.717) is 47.3 Å². The molecule has 0 fully saturated rings. The molecule has 1 spiro atoms. The minimum atomic E-state index is -0.629. The van der Waals surface area contributed by atoms with Gasteiger partial charge in [0, 0.05) is 47.9 Å². The van der Waals surface area contributed by atoms with E-state index in [2.05, 4.69) is 242 Å². The largest absolute Gasteiger partial charge is 0.496 e. The number of aryl methyl sites for hydroxylation is 3. The number of nitrogens with one attached hydrogen (secondary N) is 2. The van der Waals surface area contributed by atoms with Crippen molar-refractivity contribution in [2.75, 3.05) is 32.7 Å². The van der Waals surface area contributed by atoms with E-state index in [1.807, 2.05) is 49.4 Å². The van der Waals surface area contributed by atoms with E-state index < -0.39 is 5.41 Å². The Balaban J connectivity index is 0.689. The van der Waals surface area contributed by atoms with Crippen LogP contribution < -0.4 is 29.6 Å². The number of carbonyl (C=O) groups is 2. The van der Waals surface area contributed by atoms with Gasteiger partial charge in [0.05, 0.1) is 31.4 Å². The van der Waals surface area contributed by atoms with Crippen LogP contribution in [0.15, 0.2) is 206 Å². The number of carbonyl (C=O) groups excluding carboxylic acids is 2. The lowest BCUT2D eigenvalue weighted by atomic mass is 9.70. The molecule has 0 unspecified atom stereocenters. The Bertz CT molecular complexity index is 5780. The van der Waals surface area contributed by atoms with Crippen LogP contribution in [0, 0.1) is 66.8 Å². The number of fused-ring (bicyclic) bond motifs is 14. The lowest BCUT2D eigenvalue weighted by Gasteiger charge is -2.30. The number of unbranched alkanes of at least 4 members (excludes halogenated alkanes) is 13. The van der Waals surface area contributed by atoms with E-state index in [1.54, 1.807) is 14.2 Å². The normalized spacial score (nSPS) is 11.7. The summed E-state index contributed by atoms with van der Waals surface area (Å²) in [6.45, 7) is 7.66. The Labute approximate surface area is 648 Å². The highest BCUT2D eigenvalue weighted by Crippen LogP contribution is 2.63. The zero-order chi connectivity index (χ0) is 75.8. The third-order valence-electron chi connectivity index (χ3n) is 21.9. The molecule has 2 aliphatic rings. The number of amides is 2. The molecule has 0 atom stereocenters. The quantitative estimate of drug-likeness (QED) is 0.0265. The Morgan fingerprint density at radius 2 is 0.900 bits per heavy atom. The molecular formula is C102H92N2O6. The zero-order valence-electron chi connectivity index (χ0n) is 63.8. The molecule has 2 amide bonds. The predicted molar refractivity (Wildman–Crippen MR) is 453 cm³/mol. The molecule has 0 heterocycles. The van der Waals surface area contributed by atoms with Crippen LogP contribution in [-0.4, -0.2) is 39.2 Å². The number of methoxy groups -OCH3 is 1. The number of anilines is 1. The molecule has 2 N–H and O–H groups in total. The second kappa shape index (κ2) is 35.1. The Hall–Kier alpha value is -12.4. The number of benzene rings is 12. The average molecular weight is 1440 g/mol. The van der Waals surface area contributed by atoms with Gasteiger partial charge in [0.15, 0.2) is 0 Å². The van der Waals surface area contributed by atoms with Crippen LogP contribution in [0.4, 0.5) is 5.69 Å². The number of rotatable bonds is 30. The monoisotopic (exact) mass is 1440 g/mol. The summed E-state index contributed by atoms with van der Waals surface area (Å²) in [6.07, 6.45) is 28.7. The van der Waals surface area contributed by atoms with Gasteiger partial charge in [-0.3, -0.25) is 9.59 Å². The SMILES string of the molecule is C#CC#CC#CC#CC#COc1ccc2c(-c3ccc4cc(CCCCCCOc5cc(C)c(OC)cc5NC(=O)c5ccc6c(c5)-c5cc(C(=O)NC)ccc5C65c6ccccc6-c6ccccc65)ccc4c3)c3cc(OCCCCCCCCCC)ccc3c(-c3ccc4cc(CCCCCC)ccc4c3)c2c1. The summed E-state index contributed by atoms with van der Waals surface area (Å²) >= 11 is 0. The van der Waals surface area contributed by atoms with E-state index >= 15 is 0 Å². The molecule has 0 radical (unpaired) electrons. The molecule has 110 heavy (non-hydrogen) atoms. The van der Waals surface area contributed by atoms with Crippen LogP contribution in [0.2, 0.25) is 0 Å². The van der Waals surface area contributed by atoms with Gasteiger partial charge in [0.1, 0.15) is 29.1 Å². The van der Waals surface area contributed by atoms with E-state index in [1.165, 1.54) is 114 Å². The van der Waals surface area contributed by atoms with Crippen LogP contribution in [0.25, 0.3) is 87.6 Å². The van der Waals surface area contributed by atoms with Crippen LogP contribution in [-0.2, 0) is 18.3 Å². The first kappa shape index (κ1) is 74.5. The van der Waals surface area contributed by atoms with Crippen molar-refractivity contribution in [2.45, 2.75) is 142 Å². The van der Waals surface area contributed by atoms with Crippen molar-refractivity contribution >= 4 is 60.6 Å². The molecular weight excluding hydrogens is 1350 g/mol. The third kappa shape index (κ3) is 16.0. The van der Waals surface area contributed by atoms with Gasteiger partial charge in [-0.2, -0.15) is 0 Å². The van der Waals surface area contributed by atoms with Crippen LogP contribution in [0.1, 0.15) is 176 Å². The van der Waals surface area contributed by atoms with Gasteiger partial charge in [-0.05, 0) is 268 Å². The second-order valence-corrected chi connectivity index (χ2v) is 29.0. The molecule has 0 saturated carbocycles. The van der Waals surface area contributed by atoms with Crippen LogP contribution in [0.5, 0.6) is 23.0 Å². The van der Waals surface area contributed by atoms with Crippen LogP contribution in [0.3, 0.4) is 0 Å². The Kier molecular flexibility index (Phi) is 23.8. The first-order valence-corrected chi connectivity index (χ1v) is 39.3. The number of hydrogen-bond acceptors (Lipinski definition) is 6. The van der Waals surface area contributed by atoms with Gasteiger partial charge in [-0.25, -0.2) is 0 Å². The molecule has 2 aliphatic carbocycles. The molecule has 14 rings (SSSR count). The summed E-state index contributed by atoms with van der Waals surface area (Å²) < 4.78 is 25.2. The lowest BCUT2D eigenvalue weighted by molar-refractivity contribution is 0.0962. The maximum atomic E-state index is 14.7. The number of hydrogen-bond donors (Lipinski definition) is 2. The topological polar surface area (TPSA) is 95.1 Å². The van der Waals surface area contributed by atoms with E-state index in [4.69, 9.17) is 25.4 Å². The molecule has 8 heteroatoms. The zero-order valence-corrected chi connectivity index (χ0v) is 63.8. The highest BCUT2D eigenvalue weighted by atomic mass is 16.5. The van der Waals surface area contributed by atoms with Gasteiger partial charge < -0.3 is 29.6 Å². The maximum Gasteiger partial charge on any atom is 0.255 e. The van der Waals surface area contributed by atoms with Gasteiger partial charge in [0.2, 0.25) is 0 Å². The molecule has 0 aliphatic heterocycles. The van der Waals surface area contributed by atoms with E-state index in [0.717, 1.165) is 134 Å². The first-order valence-electron chi connectivity index (χ1n) is 39.3. The van der Waals surface area contributed by atoms with Crippen molar-refractivity contribution < 1.29 is 28.5 Å².